The van der Waals surface area contributed by atoms with Crippen molar-refractivity contribution in [3.63, 3.8) is 0 Å². The van der Waals surface area contributed by atoms with Crippen molar-refractivity contribution in [3.8, 4) is 11.5 Å². The van der Waals surface area contributed by atoms with Gasteiger partial charge in [-0.15, -0.1) is 0 Å². The van der Waals surface area contributed by atoms with Crippen molar-refractivity contribution in [2.24, 2.45) is 0 Å². The van der Waals surface area contributed by atoms with E-state index in [0.717, 1.165) is 11.1 Å². The Morgan fingerprint density at radius 3 is 2.38 bits per heavy atom. The molecule has 0 aliphatic heterocycles. The van der Waals surface area contributed by atoms with Crippen molar-refractivity contribution in [1.82, 2.24) is 0 Å². The van der Waals surface area contributed by atoms with Gasteiger partial charge in [0, 0.05) is 0 Å². The average Bonchev–Trinajstić information content (AvgIpc) is 2.49. The minimum Gasteiger partial charge on any atom is -0.506 e. The average molecular weight is 327 g/mol. The molecule has 1 atom stereocenters. The number of anilines is 1. The Morgan fingerprint density at radius 1 is 1.08 bits per heavy atom. The fraction of sp³-hybridized carbons (Fsp3) is 0.350. The van der Waals surface area contributed by atoms with Crippen LogP contribution in [0.2, 0.25) is 0 Å². The zero-order chi connectivity index (χ0) is 17.9. The van der Waals surface area contributed by atoms with Gasteiger partial charge in [0.05, 0.1) is 5.69 Å². The standard InChI is InChI=1S/C20H25NO3/c1-12(2)17-8-7-16(11-14(17)4)24-15(5)20(23)21-18-9-6-13(3)10-19(18)22/h6-12,15,22H,1-5H3,(H,21,23). The smallest absolute Gasteiger partial charge is 0.265 e. The highest BCUT2D eigenvalue weighted by molar-refractivity contribution is 5.95. The fourth-order valence-corrected chi connectivity index (χ4v) is 2.61. The molecule has 0 saturated carbocycles. The molecule has 4 heteroatoms. The lowest BCUT2D eigenvalue weighted by atomic mass is 9.98. The van der Waals surface area contributed by atoms with Crippen LogP contribution in [-0.2, 0) is 4.79 Å². The number of phenolic OH excluding ortho intramolecular Hbond substituents is 1. The summed E-state index contributed by atoms with van der Waals surface area (Å²) in [4.78, 5) is 12.3. The number of ether oxygens (including phenoxy) is 1. The third kappa shape index (κ3) is 4.28. The molecule has 0 aliphatic carbocycles. The Bertz CT molecular complexity index is 738. The Labute approximate surface area is 143 Å². The van der Waals surface area contributed by atoms with E-state index in [9.17, 15) is 9.90 Å². The molecule has 2 rings (SSSR count). The fourth-order valence-electron chi connectivity index (χ4n) is 2.61. The van der Waals surface area contributed by atoms with Gasteiger partial charge < -0.3 is 15.2 Å². The summed E-state index contributed by atoms with van der Waals surface area (Å²) in [7, 11) is 0. The van der Waals surface area contributed by atoms with Gasteiger partial charge in [0.15, 0.2) is 6.10 Å². The summed E-state index contributed by atoms with van der Waals surface area (Å²) >= 11 is 0. The van der Waals surface area contributed by atoms with Crippen LogP contribution in [0.5, 0.6) is 11.5 Å². The molecule has 1 amide bonds. The van der Waals surface area contributed by atoms with Crippen molar-refractivity contribution in [1.29, 1.82) is 0 Å². The van der Waals surface area contributed by atoms with E-state index in [1.54, 1.807) is 19.1 Å². The van der Waals surface area contributed by atoms with Crippen LogP contribution in [0.3, 0.4) is 0 Å². The van der Waals surface area contributed by atoms with Crippen LogP contribution in [0.1, 0.15) is 43.4 Å². The summed E-state index contributed by atoms with van der Waals surface area (Å²) < 4.78 is 5.73. The number of aryl methyl sites for hydroxylation is 2. The van der Waals surface area contributed by atoms with Crippen molar-refractivity contribution in [2.75, 3.05) is 5.32 Å². The molecule has 0 spiro atoms. The van der Waals surface area contributed by atoms with Crippen LogP contribution in [0.15, 0.2) is 36.4 Å². The number of rotatable bonds is 5. The minimum absolute atomic E-state index is 0.0488. The van der Waals surface area contributed by atoms with Gasteiger partial charge in [0.1, 0.15) is 11.5 Å². The molecule has 2 aromatic rings. The van der Waals surface area contributed by atoms with Crippen molar-refractivity contribution in [2.45, 2.75) is 46.6 Å². The van der Waals surface area contributed by atoms with Gasteiger partial charge in [-0.2, -0.15) is 0 Å². The van der Waals surface area contributed by atoms with Crippen molar-refractivity contribution < 1.29 is 14.6 Å². The number of carbonyl (C=O) groups excluding carboxylic acids is 1. The molecule has 128 valence electrons. The summed E-state index contributed by atoms with van der Waals surface area (Å²) in [5.74, 6) is 0.851. The third-order valence-electron chi connectivity index (χ3n) is 3.96. The number of phenols is 1. The van der Waals surface area contributed by atoms with Crippen LogP contribution in [0.4, 0.5) is 5.69 Å². The molecule has 4 nitrogen and oxygen atoms in total. The first kappa shape index (κ1) is 17.9. The van der Waals surface area contributed by atoms with Crippen molar-refractivity contribution >= 4 is 11.6 Å². The highest BCUT2D eigenvalue weighted by Gasteiger charge is 2.17. The lowest BCUT2D eigenvalue weighted by Crippen LogP contribution is -2.30. The highest BCUT2D eigenvalue weighted by Crippen LogP contribution is 2.26. The summed E-state index contributed by atoms with van der Waals surface area (Å²) in [6.45, 7) is 9.89. The third-order valence-corrected chi connectivity index (χ3v) is 3.96. The normalized spacial score (nSPS) is 12.1. The van der Waals surface area contributed by atoms with E-state index in [4.69, 9.17) is 4.74 Å². The highest BCUT2D eigenvalue weighted by atomic mass is 16.5. The van der Waals surface area contributed by atoms with E-state index >= 15 is 0 Å². The molecule has 0 heterocycles. The molecule has 24 heavy (non-hydrogen) atoms. The van der Waals surface area contributed by atoms with Gasteiger partial charge >= 0.3 is 0 Å². The van der Waals surface area contributed by atoms with E-state index in [2.05, 4.69) is 19.2 Å². The topological polar surface area (TPSA) is 58.6 Å². The van der Waals surface area contributed by atoms with E-state index in [1.807, 2.05) is 38.1 Å². The second-order valence-electron chi connectivity index (χ2n) is 6.44. The maximum atomic E-state index is 12.3. The van der Waals surface area contributed by atoms with Gasteiger partial charge in [0.25, 0.3) is 5.91 Å². The minimum atomic E-state index is -0.671. The second-order valence-corrected chi connectivity index (χ2v) is 6.44. The Hall–Kier alpha value is -2.49. The largest absolute Gasteiger partial charge is 0.506 e. The second kappa shape index (κ2) is 7.39. The molecular formula is C20H25NO3. The number of benzene rings is 2. The number of aromatic hydroxyl groups is 1. The van der Waals surface area contributed by atoms with Gasteiger partial charge in [-0.25, -0.2) is 0 Å². The zero-order valence-corrected chi connectivity index (χ0v) is 14.9. The Kier molecular flexibility index (Phi) is 5.50. The SMILES string of the molecule is Cc1ccc(NC(=O)C(C)Oc2ccc(C(C)C)c(C)c2)c(O)c1. The van der Waals surface area contributed by atoms with Crippen LogP contribution < -0.4 is 10.1 Å². The summed E-state index contributed by atoms with van der Waals surface area (Å²) in [5, 5.41) is 12.6. The van der Waals surface area contributed by atoms with E-state index < -0.39 is 6.10 Å². The van der Waals surface area contributed by atoms with E-state index in [1.165, 1.54) is 5.56 Å². The lowest BCUT2D eigenvalue weighted by molar-refractivity contribution is -0.122. The molecule has 1 unspecified atom stereocenters. The van der Waals surface area contributed by atoms with Crippen LogP contribution in [-0.4, -0.2) is 17.1 Å². The quantitative estimate of drug-likeness (QED) is 0.793. The number of nitrogens with one attached hydrogen (secondary N) is 1. The molecular weight excluding hydrogens is 302 g/mol. The van der Waals surface area contributed by atoms with E-state index in [0.29, 0.717) is 17.4 Å². The molecule has 0 fully saturated rings. The summed E-state index contributed by atoms with van der Waals surface area (Å²) in [5.41, 5.74) is 3.72. The lowest BCUT2D eigenvalue weighted by Gasteiger charge is -2.17. The van der Waals surface area contributed by atoms with Gasteiger partial charge in [0.2, 0.25) is 0 Å². The summed E-state index contributed by atoms with van der Waals surface area (Å²) in [6, 6.07) is 11.0. The first-order valence-electron chi connectivity index (χ1n) is 8.15. The van der Waals surface area contributed by atoms with E-state index in [-0.39, 0.29) is 11.7 Å². The number of hydrogen-bond donors (Lipinski definition) is 2. The van der Waals surface area contributed by atoms with Gasteiger partial charge in [-0.3, -0.25) is 4.79 Å². The maximum Gasteiger partial charge on any atom is 0.265 e. The predicted octanol–water partition coefficient (Wildman–Crippen LogP) is 4.54. The molecule has 0 aliphatic rings. The van der Waals surface area contributed by atoms with Crippen LogP contribution >= 0.6 is 0 Å². The maximum absolute atomic E-state index is 12.3. The number of carbonyl (C=O) groups is 1. The molecule has 0 aromatic heterocycles. The molecule has 0 saturated heterocycles. The van der Waals surface area contributed by atoms with Gasteiger partial charge in [-0.1, -0.05) is 26.0 Å². The first-order chi connectivity index (χ1) is 11.3. The molecule has 2 aromatic carbocycles. The first-order valence-corrected chi connectivity index (χ1v) is 8.15. The molecule has 2 N–H and O–H groups in total. The van der Waals surface area contributed by atoms with Gasteiger partial charge in [-0.05, 0) is 67.6 Å². The Balaban J connectivity index is 2.05. The summed E-state index contributed by atoms with van der Waals surface area (Å²) in [6.07, 6.45) is -0.671. The monoisotopic (exact) mass is 327 g/mol. The van der Waals surface area contributed by atoms with Crippen LogP contribution in [0, 0.1) is 13.8 Å². The zero-order valence-electron chi connectivity index (χ0n) is 14.9. The molecule has 0 bridgehead atoms. The van der Waals surface area contributed by atoms with Crippen LogP contribution in [0.25, 0.3) is 0 Å². The molecule has 0 radical (unpaired) electrons. The number of amides is 1. The Morgan fingerprint density at radius 2 is 1.79 bits per heavy atom. The van der Waals surface area contributed by atoms with Crippen molar-refractivity contribution in [3.05, 3.63) is 53.1 Å². The predicted molar refractivity (Wildman–Crippen MR) is 96.8 cm³/mol. The number of hydrogen-bond acceptors (Lipinski definition) is 3.